The Morgan fingerprint density at radius 2 is 1.65 bits per heavy atom. The summed E-state index contributed by atoms with van der Waals surface area (Å²) in [4.78, 5) is 1.38. The zero-order chi connectivity index (χ0) is 15.9. The van der Waals surface area contributed by atoms with Crippen molar-refractivity contribution < 1.29 is 0 Å². The van der Waals surface area contributed by atoms with Crippen molar-refractivity contribution in [1.82, 2.24) is 0 Å². The van der Waals surface area contributed by atoms with Crippen molar-refractivity contribution in [1.29, 1.82) is 0 Å². The number of hydrogen-bond acceptors (Lipinski definition) is 3. The van der Waals surface area contributed by atoms with Crippen LogP contribution in [0.25, 0.3) is 0 Å². The van der Waals surface area contributed by atoms with Crippen LogP contribution >= 0.6 is 11.8 Å². The zero-order valence-electron chi connectivity index (χ0n) is 13.7. The van der Waals surface area contributed by atoms with Crippen LogP contribution < -0.4 is 5.43 Å². The molecule has 0 atom stereocenters. The molecule has 0 amide bonds. The van der Waals surface area contributed by atoms with Crippen molar-refractivity contribution in [2.75, 3.05) is 5.43 Å². The van der Waals surface area contributed by atoms with Gasteiger partial charge in [-0.25, -0.2) is 0 Å². The summed E-state index contributed by atoms with van der Waals surface area (Å²) in [5.74, 6) is 0. The minimum atomic E-state index is 0.812. The molecular formula is C20H24N2S. The monoisotopic (exact) mass is 324 g/mol. The molecule has 2 aromatic carbocycles. The lowest BCUT2D eigenvalue weighted by Crippen LogP contribution is -2.07. The highest BCUT2D eigenvalue weighted by molar-refractivity contribution is 8.00. The fraction of sp³-hybridized carbons (Fsp3) is 0.350. The quantitative estimate of drug-likeness (QED) is 0.550. The van der Waals surface area contributed by atoms with Crippen molar-refractivity contribution in [3.05, 3.63) is 59.7 Å². The van der Waals surface area contributed by atoms with Gasteiger partial charge in [-0.2, -0.15) is 5.10 Å². The van der Waals surface area contributed by atoms with Gasteiger partial charge in [0.25, 0.3) is 0 Å². The van der Waals surface area contributed by atoms with E-state index in [4.69, 9.17) is 0 Å². The molecule has 2 nitrogen and oxygen atoms in total. The van der Waals surface area contributed by atoms with Gasteiger partial charge < -0.3 is 0 Å². The maximum Gasteiger partial charge on any atom is 0.0561 e. The van der Waals surface area contributed by atoms with Crippen LogP contribution in [0.2, 0.25) is 0 Å². The number of hydrogen-bond donors (Lipinski definition) is 1. The number of rotatable bonds is 5. The highest BCUT2D eigenvalue weighted by atomic mass is 32.2. The van der Waals surface area contributed by atoms with E-state index in [1.54, 1.807) is 0 Å². The second-order valence-electron chi connectivity index (χ2n) is 6.18. The standard InChI is InChI=1S/C20H24N2S/c1-16-7-11-18(12-8-16)22-21-15-17-9-13-20(14-10-17)23-19-5-3-2-4-6-19/h7-15,19,22H,2-6H2,1H3. The Balaban J connectivity index is 1.52. The Morgan fingerprint density at radius 1 is 0.957 bits per heavy atom. The van der Waals surface area contributed by atoms with Crippen molar-refractivity contribution in [3.8, 4) is 0 Å². The fourth-order valence-corrected chi connectivity index (χ4v) is 4.06. The molecule has 0 radical (unpaired) electrons. The largest absolute Gasteiger partial charge is 0.279 e. The van der Waals surface area contributed by atoms with Crippen LogP contribution in [0.5, 0.6) is 0 Å². The molecule has 3 rings (SSSR count). The molecule has 1 N–H and O–H groups in total. The molecule has 0 saturated heterocycles. The van der Waals surface area contributed by atoms with Gasteiger partial charge in [-0.15, -0.1) is 11.8 Å². The number of hydrazone groups is 1. The summed E-state index contributed by atoms with van der Waals surface area (Å²) >= 11 is 2.04. The van der Waals surface area contributed by atoms with Crippen molar-refractivity contribution in [3.63, 3.8) is 0 Å². The van der Waals surface area contributed by atoms with Gasteiger partial charge in [0.15, 0.2) is 0 Å². The van der Waals surface area contributed by atoms with E-state index < -0.39 is 0 Å². The smallest absolute Gasteiger partial charge is 0.0561 e. The molecule has 1 saturated carbocycles. The van der Waals surface area contributed by atoms with Gasteiger partial charge >= 0.3 is 0 Å². The topological polar surface area (TPSA) is 24.4 Å². The zero-order valence-corrected chi connectivity index (χ0v) is 14.5. The van der Waals surface area contributed by atoms with Crippen molar-refractivity contribution in [2.24, 2.45) is 5.10 Å². The summed E-state index contributed by atoms with van der Waals surface area (Å²) in [7, 11) is 0. The van der Waals surface area contributed by atoms with Gasteiger partial charge in [0.2, 0.25) is 0 Å². The predicted molar refractivity (Wildman–Crippen MR) is 102 cm³/mol. The third-order valence-corrected chi connectivity index (χ3v) is 5.54. The third-order valence-electron chi connectivity index (χ3n) is 4.19. The number of benzene rings is 2. The van der Waals surface area contributed by atoms with Gasteiger partial charge in [0.1, 0.15) is 0 Å². The molecule has 23 heavy (non-hydrogen) atoms. The maximum atomic E-state index is 4.31. The molecule has 0 aromatic heterocycles. The van der Waals surface area contributed by atoms with Gasteiger partial charge in [-0.3, -0.25) is 5.43 Å². The van der Waals surface area contributed by atoms with E-state index in [0.29, 0.717) is 0 Å². The lowest BCUT2D eigenvalue weighted by Gasteiger charge is -2.20. The first-order valence-electron chi connectivity index (χ1n) is 8.42. The number of anilines is 1. The molecule has 3 heteroatoms. The number of thioether (sulfide) groups is 1. The Labute approximate surface area is 143 Å². The van der Waals surface area contributed by atoms with Gasteiger partial charge in [0, 0.05) is 10.1 Å². The maximum absolute atomic E-state index is 4.31. The Morgan fingerprint density at radius 3 is 2.35 bits per heavy atom. The molecule has 0 bridgehead atoms. The number of aryl methyl sites for hydroxylation is 1. The average molecular weight is 324 g/mol. The first-order valence-corrected chi connectivity index (χ1v) is 9.30. The highest BCUT2D eigenvalue weighted by Crippen LogP contribution is 2.33. The minimum absolute atomic E-state index is 0.812. The first kappa shape index (κ1) is 16.1. The van der Waals surface area contributed by atoms with Gasteiger partial charge in [0.05, 0.1) is 11.9 Å². The number of nitrogens with one attached hydrogen (secondary N) is 1. The second-order valence-corrected chi connectivity index (χ2v) is 7.56. The Kier molecular flexibility index (Phi) is 5.76. The third kappa shape index (κ3) is 5.14. The van der Waals surface area contributed by atoms with Crippen LogP contribution in [0.1, 0.15) is 43.2 Å². The predicted octanol–water partition coefficient (Wildman–Crippen LogP) is 5.87. The second kappa shape index (κ2) is 8.21. The summed E-state index contributed by atoms with van der Waals surface area (Å²) in [5, 5.41) is 5.12. The minimum Gasteiger partial charge on any atom is -0.279 e. The molecular weight excluding hydrogens is 300 g/mol. The van der Waals surface area contributed by atoms with E-state index in [1.165, 1.54) is 42.6 Å². The lowest BCUT2D eigenvalue weighted by atomic mass is 10.0. The van der Waals surface area contributed by atoms with E-state index in [9.17, 15) is 0 Å². The molecule has 1 aliphatic carbocycles. The van der Waals surface area contributed by atoms with Crippen LogP contribution in [0.15, 0.2) is 58.5 Å². The summed E-state index contributed by atoms with van der Waals surface area (Å²) in [6, 6.07) is 17.0. The normalized spacial score (nSPS) is 15.9. The number of nitrogens with zero attached hydrogens (tertiary/aromatic N) is 1. The molecule has 1 fully saturated rings. The summed E-state index contributed by atoms with van der Waals surface area (Å²) in [6.07, 6.45) is 8.82. The summed E-state index contributed by atoms with van der Waals surface area (Å²) in [6.45, 7) is 2.08. The van der Waals surface area contributed by atoms with Gasteiger partial charge in [-0.05, 0) is 49.6 Å². The van der Waals surface area contributed by atoms with E-state index >= 15 is 0 Å². The molecule has 0 aliphatic heterocycles. The molecule has 2 aromatic rings. The molecule has 0 heterocycles. The highest BCUT2D eigenvalue weighted by Gasteiger charge is 2.14. The van der Waals surface area contributed by atoms with E-state index in [-0.39, 0.29) is 0 Å². The summed E-state index contributed by atoms with van der Waals surface area (Å²) in [5.41, 5.74) is 6.45. The van der Waals surface area contributed by atoms with Crippen LogP contribution in [-0.2, 0) is 0 Å². The van der Waals surface area contributed by atoms with Gasteiger partial charge in [-0.1, -0.05) is 49.1 Å². The van der Waals surface area contributed by atoms with E-state index in [0.717, 1.165) is 16.5 Å². The Hall–Kier alpha value is -1.74. The fourth-order valence-electron chi connectivity index (χ4n) is 2.82. The lowest BCUT2D eigenvalue weighted by molar-refractivity contribution is 0.516. The Bertz CT molecular complexity index is 626. The SMILES string of the molecule is Cc1ccc(NN=Cc2ccc(SC3CCCCC3)cc2)cc1. The van der Waals surface area contributed by atoms with Crippen LogP contribution in [0.4, 0.5) is 5.69 Å². The van der Waals surface area contributed by atoms with Crippen molar-refractivity contribution in [2.45, 2.75) is 49.2 Å². The first-order chi connectivity index (χ1) is 11.3. The average Bonchev–Trinajstić information content (AvgIpc) is 2.59. The molecule has 0 spiro atoms. The van der Waals surface area contributed by atoms with Crippen LogP contribution in [0, 0.1) is 6.92 Å². The van der Waals surface area contributed by atoms with E-state index in [2.05, 4.69) is 53.8 Å². The molecule has 1 aliphatic rings. The van der Waals surface area contributed by atoms with Crippen molar-refractivity contribution >= 4 is 23.7 Å². The van der Waals surface area contributed by atoms with Crippen LogP contribution in [-0.4, -0.2) is 11.5 Å². The molecule has 0 unspecified atom stereocenters. The molecule has 120 valence electrons. The van der Waals surface area contributed by atoms with Crippen LogP contribution in [0.3, 0.4) is 0 Å². The van der Waals surface area contributed by atoms with E-state index in [1.807, 2.05) is 30.1 Å². The summed E-state index contributed by atoms with van der Waals surface area (Å²) < 4.78 is 0.